The number of nitrogens with two attached hydrogens (primary N) is 2. The largest absolute Gasteiger partial charge is 0.480 e. The molecule has 0 aromatic heterocycles. The number of hydrazine groups is 1. The Bertz CT molecular complexity index is 189. The molecule has 0 heterocycles. The van der Waals surface area contributed by atoms with Gasteiger partial charge in [0.2, 0.25) is 0 Å². The maximum absolute atomic E-state index is 10.2. The van der Waals surface area contributed by atoms with E-state index in [1.807, 2.05) is 13.8 Å². The van der Waals surface area contributed by atoms with Gasteiger partial charge in [-0.05, 0) is 5.92 Å². The normalized spacial score (nSPS) is 11.8. The average Bonchev–Trinajstić information content (AvgIpc) is 1.84. The van der Waals surface area contributed by atoms with Crippen LogP contribution >= 0.6 is 0 Å². The van der Waals surface area contributed by atoms with Crippen LogP contribution in [0.15, 0.2) is 11.9 Å². The maximum Gasteiger partial charge on any atom is 0.324 e. The molecule has 0 aromatic carbocycles. The number of hydrogen-bond donors (Lipinski definition) is 3. The van der Waals surface area contributed by atoms with Crippen LogP contribution in [0.2, 0.25) is 0 Å². The molecule has 0 rings (SSSR count). The number of carboxylic acid groups (broad SMARTS) is 1. The van der Waals surface area contributed by atoms with E-state index in [0.29, 0.717) is 5.70 Å². The minimum atomic E-state index is -0.981. The molecule has 12 heavy (non-hydrogen) atoms. The summed E-state index contributed by atoms with van der Waals surface area (Å²) >= 11 is 0. The van der Waals surface area contributed by atoms with Gasteiger partial charge in [0, 0.05) is 11.9 Å². The summed E-state index contributed by atoms with van der Waals surface area (Å²) in [6, 6.07) is 0. The molecule has 0 saturated carbocycles. The Morgan fingerprint density at radius 3 is 2.50 bits per heavy atom. The molecule has 0 atom stereocenters. The van der Waals surface area contributed by atoms with Crippen molar-refractivity contribution in [1.82, 2.24) is 5.01 Å². The lowest BCUT2D eigenvalue weighted by atomic mass is 10.2. The topological polar surface area (TPSA) is 92.6 Å². The van der Waals surface area contributed by atoms with Gasteiger partial charge >= 0.3 is 5.97 Å². The Hall–Kier alpha value is -1.23. The summed E-state index contributed by atoms with van der Waals surface area (Å²) in [7, 11) is 0. The van der Waals surface area contributed by atoms with Crippen molar-refractivity contribution in [3.05, 3.63) is 11.9 Å². The van der Waals surface area contributed by atoms with E-state index in [-0.39, 0.29) is 12.5 Å². The van der Waals surface area contributed by atoms with Crippen LogP contribution in [0.3, 0.4) is 0 Å². The zero-order valence-corrected chi connectivity index (χ0v) is 7.32. The number of carbonyl (C=O) groups is 1. The summed E-state index contributed by atoms with van der Waals surface area (Å²) in [4.78, 5) is 10.2. The van der Waals surface area contributed by atoms with Crippen molar-refractivity contribution in [2.45, 2.75) is 13.8 Å². The SMILES string of the molecule is CC(C)/C(N)=C/N(N)CC(=O)O. The molecular formula is C7H15N3O2. The van der Waals surface area contributed by atoms with Gasteiger partial charge in [-0.15, -0.1) is 0 Å². The van der Waals surface area contributed by atoms with Gasteiger partial charge in [-0.25, -0.2) is 5.84 Å². The minimum absolute atomic E-state index is 0.171. The van der Waals surface area contributed by atoms with E-state index in [2.05, 4.69) is 0 Å². The number of carboxylic acids is 1. The first-order valence-electron chi connectivity index (χ1n) is 3.63. The summed E-state index contributed by atoms with van der Waals surface area (Å²) in [6.07, 6.45) is 1.43. The van der Waals surface area contributed by atoms with Crippen molar-refractivity contribution in [2.75, 3.05) is 6.54 Å². The molecule has 5 heteroatoms. The molecule has 0 aromatic rings. The number of nitrogens with zero attached hydrogens (tertiary/aromatic N) is 1. The van der Waals surface area contributed by atoms with Crippen LogP contribution in [0.4, 0.5) is 0 Å². The highest BCUT2D eigenvalue weighted by atomic mass is 16.4. The Labute approximate surface area is 71.6 Å². The lowest BCUT2D eigenvalue weighted by Gasteiger charge is -2.13. The van der Waals surface area contributed by atoms with Gasteiger partial charge < -0.3 is 15.8 Å². The summed E-state index contributed by atoms with van der Waals surface area (Å²) in [6.45, 7) is 3.56. The molecule has 5 nitrogen and oxygen atoms in total. The molecule has 0 radical (unpaired) electrons. The fourth-order valence-corrected chi connectivity index (χ4v) is 0.542. The van der Waals surface area contributed by atoms with Crippen LogP contribution in [-0.2, 0) is 4.79 Å². The van der Waals surface area contributed by atoms with Gasteiger partial charge in [-0.1, -0.05) is 13.8 Å². The highest BCUT2D eigenvalue weighted by Gasteiger charge is 2.03. The third-order valence-corrected chi connectivity index (χ3v) is 1.30. The van der Waals surface area contributed by atoms with Crippen LogP contribution in [0, 0.1) is 5.92 Å². The van der Waals surface area contributed by atoms with Crippen molar-refractivity contribution in [2.24, 2.45) is 17.5 Å². The molecular weight excluding hydrogens is 158 g/mol. The molecule has 0 aliphatic rings. The predicted octanol–water partition coefficient (Wildman–Crippen LogP) is -0.297. The molecule has 70 valence electrons. The van der Waals surface area contributed by atoms with Crippen molar-refractivity contribution in [1.29, 1.82) is 0 Å². The van der Waals surface area contributed by atoms with Crippen molar-refractivity contribution in [3.8, 4) is 0 Å². The number of rotatable bonds is 4. The quantitative estimate of drug-likeness (QED) is 0.401. The summed E-state index contributed by atoms with van der Waals surface area (Å²) < 4.78 is 0. The van der Waals surface area contributed by atoms with Crippen LogP contribution in [-0.4, -0.2) is 22.6 Å². The molecule has 0 unspecified atom stereocenters. The van der Waals surface area contributed by atoms with Crippen LogP contribution in [0.25, 0.3) is 0 Å². The molecule has 0 aliphatic heterocycles. The van der Waals surface area contributed by atoms with E-state index in [4.69, 9.17) is 16.7 Å². The van der Waals surface area contributed by atoms with E-state index in [1.165, 1.54) is 6.20 Å². The second-order valence-electron chi connectivity index (χ2n) is 2.85. The van der Waals surface area contributed by atoms with Gasteiger partial charge in [0.25, 0.3) is 0 Å². The number of allylic oxidation sites excluding steroid dienone is 1. The van der Waals surface area contributed by atoms with Gasteiger partial charge in [0.1, 0.15) is 6.54 Å². The second kappa shape index (κ2) is 4.61. The van der Waals surface area contributed by atoms with Crippen LogP contribution in [0.1, 0.15) is 13.8 Å². The van der Waals surface area contributed by atoms with Gasteiger partial charge in [-0.2, -0.15) is 0 Å². The first-order valence-corrected chi connectivity index (χ1v) is 3.63. The standard InChI is InChI=1S/C7H15N3O2/c1-5(2)6(8)3-10(9)4-7(11)12/h3,5H,4,8-9H2,1-2H3,(H,11,12)/b6-3-. The Morgan fingerprint density at radius 1 is 1.67 bits per heavy atom. The van der Waals surface area contributed by atoms with Gasteiger partial charge in [0.05, 0.1) is 0 Å². The van der Waals surface area contributed by atoms with E-state index in [0.717, 1.165) is 5.01 Å². The van der Waals surface area contributed by atoms with Gasteiger partial charge in [0.15, 0.2) is 0 Å². The lowest BCUT2D eigenvalue weighted by molar-refractivity contribution is -0.137. The number of aliphatic carboxylic acids is 1. The highest BCUT2D eigenvalue weighted by molar-refractivity contribution is 5.69. The van der Waals surface area contributed by atoms with Gasteiger partial charge in [-0.3, -0.25) is 4.79 Å². The first kappa shape index (κ1) is 10.8. The van der Waals surface area contributed by atoms with Crippen molar-refractivity contribution >= 4 is 5.97 Å². The lowest BCUT2D eigenvalue weighted by Crippen LogP contribution is -2.32. The number of hydrogen-bond acceptors (Lipinski definition) is 4. The fraction of sp³-hybridized carbons (Fsp3) is 0.571. The van der Waals surface area contributed by atoms with Crippen molar-refractivity contribution < 1.29 is 9.90 Å². The third-order valence-electron chi connectivity index (χ3n) is 1.30. The van der Waals surface area contributed by atoms with Crippen molar-refractivity contribution in [3.63, 3.8) is 0 Å². The molecule has 0 saturated heterocycles. The Kier molecular flexibility index (Phi) is 4.14. The molecule has 0 amide bonds. The minimum Gasteiger partial charge on any atom is -0.480 e. The summed E-state index contributed by atoms with van der Waals surface area (Å²) in [5, 5.41) is 9.40. The third kappa shape index (κ3) is 4.56. The summed E-state index contributed by atoms with van der Waals surface area (Å²) in [5.41, 5.74) is 6.11. The molecule has 0 aliphatic carbocycles. The average molecular weight is 173 g/mol. The van der Waals surface area contributed by atoms with E-state index < -0.39 is 5.97 Å². The van der Waals surface area contributed by atoms with Crippen LogP contribution < -0.4 is 11.6 Å². The fourth-order valence-electron chi connectivity index (χ4n) is 0.542. The summed E-state index contributed by atoms with van der Waals surface area (Å²) in [5.74, 6) is 4.50. The molecule has 0 spiro atoms. The molecule has 5 N–H and O–H groups in total. The second-order valence-corrected chi connectivity index (χ2v) is 2.85. The zero-order valence-electron chi connectivity index (χ0n) is 7.32. The monoisotopic (exact) mass is 173 g/mol. The molecule has 0 fully saturated rings. The van der Waals surface area contributed by atoms with E-state index >= 15 is 0 Å². The first-order chi connectivity index (χ1) is 5.43. The predicted molar refractivity (Wildman–Crippen MR) is 45.6 cm³/mol. The smallest absolute Gasteiger partial charge is 0.324 e. The Morgan fingerprint density at radius 2 is 2.17 bits per heavy atom. The molecule has 0 bridgehead atoms. The maximum atomic E-state index is 10.2. The van der Waals surface area contributed by atoms with E-state index in [9.17, 15) is 4.79 Å². The zero-order chi connectivity index (χ0) is 9.72. The van der Waals surface area contributed by atoms with Crippen LogP contribution in [0.5, 0.6) is 0 Å². The highest BCUT2D eigenvalue weighted by Crippen LogP contribution is 2.01. The van der Waals surface area contributed by atoms with E-state index in [1.54, 1.807) is 0 Å². The Balaban J connectivity index is 4.04.